The molecule has 22 heavy (non-hydrogen) atoms. The minimum absolute atomic E-state index is 0.0501. The van der Waals surface area contributed by atoms with Gasteiger partial charge in [-0.1, -0.05) is 12.1 Å². The summed E-state index contributed by atoms with van der Waals surface area (Å²) in [6.45, 7) is 3.05. The minimum atomic E-state index is -3.26. The largest absolute Gasteiger partial charge is 0.387 e. The molecule has 7 heteroatoms. The molecular formula is C15H23FN2O3S. The normalized spacial score (nSPS) is 23.3. The van der Waals surface area contributed by atoms with Crippen molar-refractivity contribution in [2.75, 3.05) is 32.4 Å². The maximum Gasteiger partial charge on any atom is 0.213 e. The summed E-state index contributed by atoms with van der Waals surface area (Å²) in [6, 6.07) is 6.22. The lowest BCUT2D eigenvalue weighted by atomic mass is 10.0. The van der Waals surface area contributed by atoms with Gasteiger partial charge in [-0.15, -0.1) is 0 Å². The minimum Gasteiger partial charge on any atom is -0.387 e. The van der Waals surface area contributed by atoms with Crippen LogP contribution in [0.1, 0.15) is 18.9 Å². The predicted octanol–water partition coefficient (Wildman–Crippen LogP) is 1.04. The molecule has 0 aromatic heterocycles. The Balaban J connectivity index is 1.94. The standard InChI is InChI=1S/C15H23FN2O3S/c1-3-22(20,21)18-9-8-15(19,12-18)11-17(2)10-13-4-6-14(16)7-5-13/h4-7,19H,3,8-12H2,1-2H3/t15-/m0/s1. The second-order valence-electron chi connectivity index (χ2n) is 6.01. The van der Waals surface area contributed by atoms with E-state index in [2.05, 4.69) is 0 Å². The van der Waals surface area contributed by atoms with Crippen molar-refractivity contribution in [1.82, 2.24) is 9.21 Å². The fourth-order valence-corrected chi connectivity index (χ4v) is 4.00. The highest BCUT2D eigenvalue weighted by Crippen LogP contribution is 2.25. The summed E-state index contributed by atoms with van der Waals surface area (Å²) in [5.41, 5.74) is -0.0830. The molecule has 2 rings (SSSR count). The summed E-state index contributed by atoms with van der Waals surface area (Å²) in [5, 5.41) is 10.6. The van der Waals surface area contributed by atoms with Gasteiger partial charge in [0.05, 0.1) is 11.4 Å². The van der Waals surface area contributed by atoms with Gasteiger partial charge in [0.25, 0.3) is 0 Å². The van der Waals surface area contributed by atoms with Gasteiger partial charge < -0.3 is 5.11 Å². The van der Waals surface area contributed by atoms with Gasteiger partial charge in [-0.25, -0.2) is 12.8 Å². The van der Waals surface area contributed by atoms with Crippen LogP contribution in [0.2, 0.25) is 0 Å². The summed E-state index contributed by atoms with van der Waals surface area (Å²) in [4.78, 5) is 1.93. The highest BCUT2D eigenvalue weighted by Gasteiger charge is 2.41. The Kier molecular flexibility index (Phi) is 5.21. The third-order valence-electron chi connectivity index (χ3n) is 3.99. The van der Waals surface area contributed by atoms with Crippen LogP contribution in [0, 0.1) is 5.82 Å². The first-order valence-corrected chi connectivity index (χ1v) is 8.98. The van der Waals surface area contributed by atoms with Gasteiger partial charge in [0.1, 0.15) is 5.82 Å². The van der Waals surface area contributed by atoms with Crippen LogP contribution < -0.4 is 0 Å². The molecule has 1 N–H and O–H groups in total. The maximum absolute atomic E-state index is 12.9. The highest BCUT2D eigenvalue weighted by molar-refractivity contribution is 7.89. The van der Waals surface area contributed by atoms with Crippen molar-refractivity contribution in [2.24, 2.45) is 0 Å². The lowest BCUT2D eigenvalue weighted by Crippen LogP contribution is -2.44. The van der Waals surface area contributed by atoms with Crippen LogP contribution in [-0.2, 0) is 16.6 Å². The second-order valence-corrected chi connectivity index (χ2v) is 8.26. The summed E-state index contributed by atoms with van der Waals surface area (Å²) < 4.78 is 38.0. The van der Waals surface area contributed by atoms with E-state index in [4.69, 9.17) is 0 Å². The first-order chi connectivity index (χ1) is 10.2. The molecular weight excluding hydrogens is 307 g/mol. The molecule has 1 saturated heterocycles. The molecule has 1 atom stereocenters. The Hall–Kier alpha value is -1.02. The van der Waals surface area contributed by atoms with Gasteiger partial charge in [0.2, 0.25) is 10.0 Å². The average Bonchev–Trinajstić information content (AvgIpc) is 2.84. The summed E-state index contributed by atoms with van der Waals surface area (Å²) in [5.74, 6) is -0.227. The number of likely N-dealkylation sites (N-methyl/N-ethyl adjacent to an activating group) is 1. The van der Waals surface area contributed by atoms with Crippen LogP contribution in [0.3, 0.4) is 0 Å². The first-order valence-electron chi connectivity index (χ1n) is 7.37. The van der Waals surface area contributed by atoms with E-state index in [9.17, 15) is 17.9 Å². The van der Waals surface area contributed by atoms with Crippen LogP contribution in [0.5, 0.6) is 0 Å². The van der Waals surface area contributed by atoms with E-state index < -0.39 is 15.6 Å². The van der Waals surface area contributed by atoms with E-state index in [-0.39, 0.29) is 18.1 Å². The fraction of sp³-hybridized carbons (Fsp3) is 0.600. The van der Waals surface area contributed by atoms with E-state index in [1.807, 2.05) is 11.9 Å². The smallest absolute Gasteiger partial charge is 0.213 e. The molecule has 1 heterocycles. The molecule has 0 amide bonds. The van der Waals surface area contributed by atoms with Crippen molar-refractivity contribution in [3.8, 4) is 0 Å². The van der Waals surface area contributed by atoms with Gasteiger partial charge in [-0.2, -0.15) is 4.31 Å². The van der Waals surface area contributed by atoms with E-state index in [0.29, 0.717) is 26.1 Å². The number of nitrogens with zero attached hydrogens (tertiary/aromatic N) is 2. The average molecular weight is 330 g/mol. The van der Waals surface area contributed by atoms with Crippen molar-refractivity contribution < 1.29 is 17.9 Å². The molecule has 1 aromatic carbocycles. The third-order valence-corrected chi connectivity index (χ3v) is 5.81. The van der Waals surface area contributed by atoms with Crippen LogP contribution in [0.15, 0.2) is 24.3 Å². The maximum atomic E-state index is 12.9. The highest BCUT2D eigenvalue weighted by atomic mass is 32.2. The van der Waals surface area contributed by atoms with Crippen LogP contribution in [0.4, 0.5) is 4.39 Å². The number of rotatable bonds is 6. The van der Waals surface area contributed by atoms with Gasteiger partial charge >= 0.3 is 0 Å². The molecule has 124 valence electrons. The molecule has 1 fully saturated rings. The van der Waals surface area contributed by atoms with Crippen molar-refractivity contribution >= 4 is 10.0 Å². The lowest BCUT2D eigenvalue weighted by Gasteiger charge is -2.29. The van der Waals surface area contributed by atoms with Crippen molar-refractivity contribution in [1.29, 1.82) is 0 Å². The zero-order chi connectivity index (χ0) is 16.4. The van der Waals surface area contributed by atoms with E-state index in [1.54, 1.807) is 19.1 Å². The summed E-state index contributed by atoms with van der Waals surface area (Å²) in [7, 11) is -1.40. The summed E-state index contributed by atoms with van der Waals surface area (Å²) in [6.07, 6.45) is 0.431. The molecule has 0 bridgehead atoms. The van der Waals surface area contributed by atoms with E-state index in [1.165, 1.54) is 16.4 Å². The quantitative estimate of drug-likeness (QED) is 0.847. The molecule has 0 aliphatic carbocycles. The predicted molar refractivity (Wildman–Crippen MR) is 83.3 cm³/mol. The molecule has 1 aliphatic rings. The topological polar surface area (TPSA) is 60.9 Å². The number of β-amino-alcohol motifs (C(OH)–C–C–N with tert-alkyl or cyclic N) is 1. The SMILES string of the molecule is CCS(=O)(=O)N1CC[C@](O)(CN(C)Cc2ccc(F)cc2)C1. The number of aliphatic hydroxyl groups is 1. The summed E-state index contributed by atoms with van der Waals surface area (Å²) >= 11 is 0. The van der Waals surface area contributed by atoms with Crippen LogP contribution in [-0.4, -0.2) is 60.8 Å². The molecule has 0 saturated carbocycles. The molecule has 5 nitrogen and oxygen atoms in total. The van der Waals surface area contributed by atoms with Gasteiger partial charge in [-0.05, 0) is 38.1 Å². The van der Waals surface area contributed by atoms with Crippen molar-refractivity contribution in [3.05, 3.63) is 35.6 Å². The van der Waals surface area contributed by atoms with E-state index >= 15 is 0 Å². The Bertz CT molecular complexity index is 606. The third kappa shape index (κ3) is 4.25. The Labute approximate surface area is 131 Å². The Morgan fingerprint density at radius 2 is 2.00 bits per heavy atom. The Morgan fingerprint density at radius 3 is 2.59 bits per heavy atom. The number of benzene rings is 1. The number of sulfonamides is 1. The number of hydrogen-bond acceptors (Lipinski definition) is 4. The molecule has 1 aliphatic heterocycles. The van der Waals surface area contributed by atoms with Crippen molar-refractivity contribution in [3.63, 3.8) is 0 Å². The molecule has 0 unspecified atom stereocenters. The monoisotopic (exact) mass is 330 g/mol. The fourth-order valence-electron chi connectivity index (χ4n) is 2.83. The van der Waals surface area contributed by atoms with Crippen LogP contribution >= 0.6 is 0 Å². The first kappa shape index (κ1) is 17.3. The van der Waals surface area contributed by atoms with Gasteiger partial charge in [-0.3, -0.25) is 4.90 Å². The zero-order valence-electron chi connectivity index (χ0n) is 13.0. The second kappa shape index (κ2) is 6.62. The Morgan fingerprint density at radius 1 is 1.36 bits per heavy atom. The number of halogens is 1. The lowest BCUT2D eigenvalue weighted by molar-refractivity contribution is 0.0219. The molecule has 1 aromatic rings. The molecule has 0 radical (unpaired) electrons. The van der Waals surface area contributed by atoms with Crippen molar-refractivity contribution in [2.45, 2.75) is 25.5 Å². The van der Waals surface area contributed by atoms with Gasteiger partial charge in [0, 0.05) is 26.2 Å². The van der Waals surface area contributed by atoms with E-state index in [0.717, 1.165) is 5.56 Å². The van der Waals surface area contributed by atoms with Gasteiger partial charge in [0.15, 0.2) is 0 Å². The molecule has 0 spiro atoms. The van der Waals surface area contributed by atoms with Crippen LogP contribution in [0.25, 0.3) is 0 Å². The number of hydrogen-bond donors (Lipinski definition) is 1. The zero-order valence-corrected chi connectivity index (χ0v) is 13.8.